The van der Waals surface area contributed by atoms with Crippen LogP contribution in [0, 0.1) is 12.7 Å². The van der Waals surface area contributed by atoms with E-state index in [2.05, 4.69) is 15.6 Å². The number of aryl methyl sites for hydroxylation is 1. The maximum absolute atomic E-state index is 13.4. The zero-order valence-electron chi connectivity index (χ0n) is 13.0. The normalized spacial score (nSPS) is 10.3. The first-order chi connectivity index (χ1) is 11.1. The van der Waals surface area contributed by atoms with E-state index >= 15 is 0 Å². The molecule has 0 amide bonds. The van der Waals surface area contributed by atoms with Crippen LogP contribution in [0.3, 0.4) is 0 Å². The number of rotatable bonds is 7. The molecule has 0 aliphatic rings. The molecular formula is C17H20FN3S2. The summed E-state index contributed by atoms with van der Waals surface area (Å²) >= 11 is 6.95. The van der Waals surface area contributed by atoms with Crippen LogP contribution in [0.15, 0.2) is 42.6 Å². The van der Waals surface area contributed by atoms with Gasteiger partial charge in [-0.3, -0.25) is 0 Å². The average molecular weight is 350 g/mol. The van der Waals surface area contributed by atoms with Gasteiger partial charge in [0, 0.05) is 18.5 Å². The Morgan fingerprint density at radius 3 is 2.91 bits per heavy atom. The summed E-state index contributed by atoms with van der Waals surface area (Å²) in [6.45, 7) is 2.79. The molecule has 2 rings (SSSR count). The Hall–Kier alpha value is -1.66. The standard InChI is InChI=1S/C17H20FN3S2/c1-13-7-9-19-16(11-13)21-17(22)20-8-4-10-23-12-14-5-2-3-6-15(14)18/h2-3,5-7,9,11H,4,8,10,12H2,1H3,(H2,19,20,21,22). The number of hydrogen-bond donors (Lipinski definition) is 2. The van der Waals surface area contributed by atoms with Gasteiger partial charge in [0.1, 0.15) is 11.6 Å². The van der Waals surface area contributed by atoms with Crippen molar-refractivity contribution < 1.29 is 4.39 Å². The first kappa shape index (κ1) is 17.7. The van der Waals surface area contributed by atoms with E-state index in [1.807, 2.05) is 31.2 Å². The van der Waals surface area contributed by atoms with Gasteiger partial charge in [0.2, 0.25) is 0 Å². The van der Waals surface area contributed by atoms with Crippen LogP contribution < -0.4 is 10.6 Å². The molecule has 3 nitrogen and oxygen atoms in total. The molecule has 0 fully saturated rings. The molecule has 0 atom stereocenters. The third-order valence-electron chi connectivity index (χ3n) is 3.12. The van der Waals surface area contributed by atoms with Crippen LogP contribution in [0.5, 0.6) is 0 Å². The van der Waals surface area contributed by atoms with Gasteiger partial charge in [0.25, 0.3) is 0 Å². The van der Waals surface area contributed by atoms with E-state index in [0.717, 1.165) is 35.7 Å². The van der Waals surface area contributed by atoms with E-state index in [4.69, 9.17) is 12.2 Å². The van der Waals surface area contributed by atoms with E-state index < -0.39 is 0 Å². The summed E-state index contributed by atoms with van der Waals surface area (Å²) in [6, 6.07) is 10.8. The molecule has 0 saturated heterocycles. The van der Waals surface area contributed by atoms with Crippen LogP contribution in [0.1, 0.15) is 17.5 Å². The number of nitrogens with one attached hydrogen (secondary N) is 2. The molecule has 23 heavy (non-hydrogen) atoms. The van der Waals surface area contributed by atoms with Crippen LogP contribution in [0.25, 0.3) is 0 Å². The lowest BCUT2D eigenvalue weighted by molar-refractivity contribution is 0.617. The molecule has 122 valence electrons. The SMILES string of the molecule is Cc1ccnc(NC(=S)NCCCSCc2ccccc2F)c1. The predicted octanol–water partition coefficient (Wildman–Crippen LogP) is 4.14. The zero-order chi connectivity index (χ0) is 16.5. The number of benzene rings is 1. The first-order valence-corrected chi connectivity index (χ1v) is 9.00. The third kappa shape index (κ3) is 6.54. The summed E-state index contributed by atoms with van der Waals surface area (Å²) in [5.41, 5.74) is 1.89. The predicted molar refractivity (Wildman–Crippen MR) is 100 cm³/mol. The number of pyridine rings is 1. The van der Waals surface area contributed by atoms with Crippen molar-refractivity contribution in [1.82, 2.24) is 10.3 Å². The molecule has 0 radical (unpaired) electrons. The summed E-state index contributed by atoms with van der Waals surface area (Å²) in [6.07, 6.45) is 2.71. The van der Waals surface area contributed by atoms with Gasteiger partial charge in [0.05, 0.1) is 0 Å². The number of anilines is 1. The van der Waals surface area contributed by atoms with E-state index in [0.29, 0.717) is 10.9 Å². The molecule has 0 bridgehead atoms. The van der Waals surface area contributed by atoms with Gasteiger partial charge in [-0.05, 0) is 60.6 Å². The highest BCUT2D eigenvalue weighted by atomic mass is 32.2. The van der Waals surface area contributed by atoms with E-state index in [9.17, 15) is 4.39 Å². The Bertz CT molecular complexity index is 649. The number of thiocarbonyl (C=S) groups is 1. The van der Waals surface area contributed by atoms with Gasteiger partial charge in [-0.1, -0.05) is 18.2 Å². The lowest BCUT2D eigenvalue weighted by Crippen LogP contribution is -2.29. The number of nitrogens with zero attached hydrogens (tertiary/aromatic N) is 1. The Kier molecular flexibility index (Phi) is 7.29. The first-order valence-electron chi connectivity index (χ1n) is 7.44. The van der Waals surface area contributed by atoms with Crippen LogP contribution >= 0.6 is 24.0 Å². The van der Waals surface area contributed by atoms with Crippen molar-refractivity contribution in [3.8, 4) is 0 Å². The van der Waals surface area contributed by atoms with Crippen LogP contribution in [-0.2, 0) is 5.75 Å². The number of halogens is 1. The minimum Gasteiger partial charge on any atom is -0.362 e. The van der Waals surface area contributed by atoms with Gasteiger partial charge in [-0.25, -0.2) is 9.37 Å². The van der Waals surface area contributed by atoms with Crippen molar-refractivity contribution in [3.63, 3.8) is 0 Å². The molecule has 2 aromatic rings. The maximum Gasteiger partial charge on any atom is 0.171 e. The van der Waals surface area contributed by atoms with Crippen molar-refractivity contribution in [3.05, 3.63) is 59.5 Å². The number of hydrogen-bond acceptors (Lipinski definition) is 3. The van der Waals surface area contributed by atoms with Gasteiger partial charge >= 0.3 is 0 Å². The topological polar surface area (TPSA) is 37.0 Å². The molecule has 6 heteroatoms. The summed E-state index contributed by atoms with van der Waals surface area (Å²) in [4.78, 5) is 4.20. The maximum atomic E-state index is 13.4. The summed E-state index contributed by atoms with van der Waals surface area (Å²) in [7, 11) is 0. The third-order valence-corrected chi connectivity index (χ3v) is 4.46. The molecule has 0 unspecified atom stereocenters. The minimum atomic E-state index is -0.130. The molecule has 2 N–H and O–H groups in total. The van der Waals surface area contributed by atoms with Crippen molar-refractivity contribution in [2.45, 2.75) is 19.1 Å². The van der Waals surface area contributed by atoms with E-state index in [1.165, 1.54) is 6.07 Å². The smallest absolute Gasteiger partial charge is 0.171 e. The van der Waals surface area contributed by atoms with Crippen LogP contribution in [0.2, 0.25) is 0 Å². The molecule has 1 heterocycles. The zero-order valence-corrected chi connectivity index (χ0v) is 14.6. The summed E-state index contributed by atoms with van der Waals surface area (Å²) < 4.78 is 13.4. The fourth-order valence-electron chi connectivity index (χ4n) is 1.94. The molecule has 0 aliphatic heterocycles. The Labute approximate surface area is 146 Å². The van der Waals surface area contributed by atoms with Crippen molar-refractivity contribution >= 4 is 34.9 Å². The second kappa shape index (κ2) is 9.47. The van der Waals surface area contributed by atoms with Crippen molar-refractivity contribution in [2.24, 2.45) is 0 Å². The molecule has 0 aliphatic carbocycles. The number of aromatic nitrogens is 1. The lowest BCUT2D eigenvalue weighted by Gasteiger charge is -2.10. The van der Waals surface area contributed by atoms with E-state index in [-0.39, 0.29) is 5.82 Å². The Balaban J connectivity index is 1.58. The number of thioether (sulfide) groups is 1. The monoisotopic (exact) mass is 349 g/mol. The minimum absolute atomic E-state index is 0.130. The molecular weight excluding hydrogens is 329 g/mol. The van der Waals surface area contributed by atoms with Gasteiger partial charge in [-0.2, -0.15) is 11.8 Å². The van der Waals surface area contributed by atoms with Crippen molar-refractivity contribution in [2.75, 3.05) is 17.6 Å². The fourth-order valence-corrected chi connectivity index (χ4v) is 3.09. The largest absolute Gasteiger partial charge is 0.362 e. The Morgan fingerprint density at radius 1 is 1.30 bits per heavy atom. The quantitative estimate of drug-likeness (QED) is 0.580. The van der Waals surface area contributed by atoms with Gasteiger partial charge in [0.15, 0.2) is 5.11 Å². The highest BCUT2D eigenvalue weighted by Gasteiger charge is 2.01. The fraction of sp³-hybridized carbons (Fsp3) is 0.294. The second-order valence-corrected chi connectivity index (χ2v) is 6.61. The highest BCUT2D eigenvalue weighted by Crippen LogP contribution is 2.15. The Morgan fingerprint density at radius 2 is 2.13 bits per heavy atom. The molecule has 1 aromatic heterocycles. The molecule has 1 aromatic carbocycles. The second-order valence-electron chi connectivity index (χ2n) is 5.10. The molecule has 0 saturated carbocycles. The van der Waals surface area contributed by atoms with E-state index in [1.54, 1.807) is 24.0 Å². The van der Waals surface area contributed by atoms with Gasteiger partial charge < -0.3 is 10.6 Å². The molecule has 0 spiro atoms. The summed E-state index contributed by atoms with van der Waals surface area (Å²) in [5.74, 6) is 2.26. The average Bonchev–Trinajstić information content (AvgIpc) is 2.52. The van der Waals surface area contributed by atoms with Crippen LogP contribution in [-0.4, -0.2) is 22.4 Å². The summed E-state index contributed by atoms with van der Waals surface area (Å²) in [5, 5.41) is 6.78. The van der Waals surface area contributed by atoms with Crippen molar-refractivity contribution in [1.29, 1.82) is 0 Å². The van der Waals surface area contributed by atoms with Gasteiger partial charge in [-0.15, -0.1) is 0 Å². The highest BCUT2D eigenvalue weighted by molar-refractivity contribution is 7.98. The van der Waals surface area contributed by atoms with Crippen LogP contribution in [0.4, 0.5) is 10.2 Å². The lowest BCUT2D eigenvalue weighted by atomic mass is 10.2.